The molecule has 0 bridgehead atoms. The average Bonchev–Trinajstić information content (AvgIpc) is 2.61. The van der Waals surface area contributed by atoms with Gasteiger partial charge in [0.25, 0.3) is 11.5 Å². The van der Waals surface area contributed by atoms with E-state index < -0.39 is 0 Å². The van der Waals surface area contributed by atoms with Gasteiger partial charge in [0.1, 0.15) is 5.65 Å². The lowest BCUT2D eigenvalue weighted by Crippen LogP contribution is -2.30. The molecule has 0 radical (unpaired) electrons. The standard InChI is InChI=1S/C21H24N4O2/c1-13(2)23-21(27)18-10-16(8-7-14(18)3)22-12-17-11-19(26)25-9-5-6-15(4)20(25)24-17/h5-11,13,22H,12H2,1-4H3,(H,23,27). The van der Waals surface area contributed by atoms with Gasteiger partial charge in [0.15, 0.2) is 0 Å². The summed E-state index contributed by atoms with van der Waals surface area (Å²) < 4.78 is 1.54. The number of pyridine rings is 1. The maximum absolute atomic E-state index is 12.3. The number of nitrogens with zero attached hydrogens (tertiary/aromatic N) is 2. The quantitative estimate of drug-likeness (QED) is 0.730. The summed E-state index contributed by atoms with van der Waals surface area (Å²) in [6.07, 6.45) is 1.72. The third-order valence-corrected chi connectivity index (χ3v) is 4.31. The van der Waals surface area contributed by atoms with Crippen molar-refractivity contribution in [2.24, 2.45) is 0 Å². The number of nitrogens with one attached hydrogen (secondary N) is 2. The number of rotatable bonds is 5. The number of amides is 1. The summed E-state index contributed by atoms with van der Waals surface area (Å²) in [5, 5.41) is 6.17. The molecule has 0 fully saturated rings. The van der Waals surface area contributed by atoms with Crippen molar-refractivity contribution in [2.75, 3.05) is 5.32 Å². The van der Waals surface area contributed by atoms with E-state index >= 15 is 0 Å². The van der Waals surface area contributed by atoms with Gasteiger partial charge in [0.2, 0.25) is 0 Å². The van der Waals surface area contributed by atoms with Gasteiger partial charge in [0.05, 0.1) is 12.2 Å². The van der Waals surface area contributed by atoms with Crippen LogP contribution in [-0.4, -0.2) is 21.3 Å². The molecule has 0 aliphatic carbocycles. The number of aromatic nitrogens is 2. The van der Waals surface area contributed by atoms with E-state index in [0.29, 0.717) is 23.4 Å². The topological polar surface area (TPSA) is 75.5 Å². The van der Waals surface area contributed by atoms with E-state index in [1.165, 1.54) is 6.07 Å². The van der Waals surface area contributed by atoms with Gasteiger partial charge in [-0.05, 0) is 57.0 Å². The largest absolute Gasteiger partial charge is 0.379 e. The summed E-state index contributed by atoms with van der Waals surface area (Å²) in [6, 6.07) is 11.0. The minimum Gasteiger partial charge on any atom is -0.379 e. The van der Waals surface area contributed by atoms with Crippen LogP contribution in [0.25, 0.3) is 5.65 Å². The first-order valence-electron chi connectivity index (χ1n) is 8.98. The molecule has 0 aliphatic heterocycles. The van der Waals surface area contributed by atoms with Crippen molar-refractivity contribution in [1.29, 1.82) is 0 Å². The Hall–Kier alpha value is -3.15. The minimum absolute atomic E-state index is 0.0755. The Morgan fingerprint density at radius 3 is 2.67 bits per heavy atom. The lowest BCUT2D eigenvalue weighted by molar-refractivity contribution is 0.0942. The van der Waals surface area contributed by atoms with Gasteiger partial charge in [0, 0.05) is 29.6 Å². The molecule has 1 aromatic carbocycles. The monoisotopic (exact) mass is 364 g/mol. The number of hydrogen-bond donors (Lipinski definition) is 2. The van der Waals surface area contributed by atoms with E-state index in [9.17, 15) is 9.59 Å². The van der Waals surface area contributed by atoms with E-state index in [2.05, 4.69) is 15.6 Å². The summed E-state index contributed by atoms with van der Waals surface area (Å²) in [5.74, 6) is -0.0937. The number of fused-ring (bicyclic) bond motifs is 1. The Morgan fingerprint density at radius 2 is 1.93 bits per heavy atom. The van der Waals surface area contributed by atoms with E-state index in [4.69, 9.17) is 0 Å². The zero-order chi connectivity index (χ0) is 19.6. The van der Waals surface area contributed by atoms with Crippen LogP contribution in [0.2, 0.25) is 0 Å². The molecule has 27 heavy (non-hydrogen) atoms. The normalized spacial score (nSPS) is 11.0. The maximum Gasteiger partial charge on any atom is 0.258 e. The highest BCUT2D eigenvalue weighted by Gasteiger charge is 2.11. The van der Waals surface area contributed by atoms with Crippen LogP contribution in [0.1, 0.15) is 41.0 Å². The number of carbonyl (C=O) groups excluding carboxylic acids is 1. The van der Waals surface area contributed by atoms with Gasteiger partial charge in [-0.25, -0.2) is 4.98 Å². The second kappa shape index (κ2) is 7.61. The molecule has 0 saturated carbocycles. The fraction of sp³-hybridized carbons (Fsp3) is 0.286. The summed E-state index contributed by atoms with van der Waals surface area (Å²) in [5.41, 5.74) is 4.50. The Kier molecular flexibility index (Phi) is 5.26. The number of aryl methyl sites for hydroxylation is 2. The molecule has 0 aliphatic rings. The first-order chi connectivity index (χ1) is 12.8. The third kappa shape index (κ3) is 4.16. The first-order valence-corrected chi connectivity index (χ1v) is 8.98. The molecule has 0 atom stereocenters. The fourth-order valence-corrected chi connectivity index (χ4v) is 2.91. The van der Waals surface area contributed by atoms with E-state index in [-0.39, 0.29) is 17.5 Å². The Bertz CT molecular complexity index is 1050. The molecule has 2 N–H and O–H groups in total. The summed E-state index contributed by atoms with van der Waals surface area (Å²) in [6.45, 7) is 8.10. The van der Waals surface area contributed by atoms with Crippen molar-refractivity contribution in [2.45, 2.75) is 40.3 Å². The molecule has 0 unspecified atom stereocenters. The number of anilines is 1. The van der Waals surface area contributed by atoms with Gasteiger partial charge in [-0.2, -0.15) is 0 Å². The molecule has 3 rings (SSSR count). The highest BCUT2D eigenvalue weighted by Crippen LogP contribution is 2.16. The van der Waals surface area contributed by atoms with Gasteiger partial charge in [-0.3, -0.25) is 14.0 Å². The van der Waals surface area contributed by atoms with Crippen molar-refractivity contribution in [3.8, 4) is 0 Å². The van der Waals surface area contributed by atoms with Crippen LogP contribution >= 0.6 is 0 Å². The van der Waals surface area contributed by atoms with Crippen LogP contribution in [0.5, 0.6) is 0 Å². The Balaban J connectivity index is 1.83. The fourth-order valence-electron chi connectivity index (χ4n) is 2.91. The summed E-state index contributed by atoms with van der Waals surface area (Å²) in [7, 11) is 0. The van der Waals surface area contributed by atoms with Crippen molar-refractivity contribution in [1.82, 2.24) is 14.7 Å². The molecular formula is C21H24N4O2. The molecule has 140 valence electrons. The van der Waals surface area contributed by atoms with Crippen LogP contribution in [0.15, 0.2) is 47.4 Å². The minimum atomic E-state index is -0.110. The van der Waals surface area contributed by atoms with Crippen molar-refractivity contribution in [3.63, 3.8) is 0 Å². The van der Waals surface area contributed by atoms with E-state index in [1.54, 1.807) is 10.6 Å². The summed E-state index contributed by atoms with van der Waals surface area (Å²) >= 11 is 0. The second-order valence-electron chi connectivity index (χ2n) is 6.98. The molecule has 1 amide bonds. The van der Waals surface area contributed by atoms with Crippen LogP contribution in [0.4, 0.5) is 5.69 Å². The number of benzene rings is 1. The Morgan fingerprint density at radius 1 is 1.15 bits per heavy atom. The van der Waals surface area contributed by atoms with Gasteiger partial charge in [-0.15, -0.1) is 0 Å². The predicted molar refractivity (Wildman–Crippen MR) is 107 cm³/mol. The highest BCUT2D eigenvalue weighted by molar-refractivity contribution is 5.96. The van der Waals surface area contributed by atoms with Gasteiger partial charge >= 0.3 is 0 Å². The van der Waals surface area contributed by atoms with Crippen LogP contribution in [0.3, 0.4) is 0 Å². The van der Waals surface area contributed by atoms with E-state index in [0.717, 1.165) is 16.8 Å². The molecule has 2 aromatic heterocycles. The molecule has 2 heterocycles. The van der Waals surface area contributed by atoms with Gasteiger partial charge < -0.3 is 10.6 Å². The van der Waals surface area contributed by atoms with Crippen LogP contribution < -0.4 is 16.2 Å². The van der Waals surface area contributed by atoms with Crippen LogP contribution in [0, 0.1) is 13.8 Å². The Labute approximate surface area is 158 Å². The third-order valence-electron chi connectivity index (χ3n) is 4.31. The lowest BCUT2D eigenvalue weighted by Gasteiger charge is -2.13. The molecule has 3 aromatic rings. The summed E-state index contributed by atoms with van der Waals surface area (Å²) in [4.78, 5) is 29.2. The van der Waals surface area contributed by atoms with Gasteiger partial charge in [-0.1, -0.05) is 12.1 Å². The highest BCUT2D eigenvalue weighted by atomic mass is 16.1. The molecule has 0 spiro atoms. The molecule has 0 saturated heterocycles. The van der Waals surface area contributed by atoms with Crippen LogP contribution in [-0.2, 0) is 6.54 Å². The molecule has 6 heteroatoms. The predicted octanol–water partition coefficient (Wildman–Crippen LogP) is 3.06. The van der Waals surface area contributed by atoms with Crippen molar-refractivity contribution < 1.29 is 4.79 Å². The smallest absolute Gasteiger partial charge is 0.258 e. The zero-order valence-corrected chi connectivity index (χ0v) is 16.0. The second-order valence-corrected chi connectivity index (χ2v) is 6.98. The van der Waals surface area contributed by atoms with Crippen molar-refractivity contribution >= 4 is 17.2 Å². The van der Waals surface area contributed by atoms with E-state index in [1.807, 2.05) is 58.0 Å². The maximum atomic E-state index is 12.3. The number of hydrogen-bond acceptors (Lipinski definition) is 4. The average molecular weight is 364 g/mol. The number of carbonyl (C=O) groups is 1. The molecule has 6 nitrogen and oxygen atoms in total. The first kappa shape index (κ1) is 18.6. The van der Waals surface area contributed by atoms with Crippen molar-refractivity contribution in [3.05, 3.63) is 75.3 Å². The zero-order valence-electron chi connectivity index (χ0n) is 16.0. The SMILES string of the molecule is Cc1ccc(NCc2cc(=O)n3cccc(C)c3n2)cc1C(=O)NC(C)C. The lowest BCUT2D eigenvalue weighted by atomic mass is 10.1. The molecular weight excluding hydrogens is 340 g/mol.